The van der Waals surface area contributed by atoms with Crippen LogP contribution in [0, 0.1) is 11.8 Å². The maximum Gasteiger partial charge on any atom is 0.252 e. The fourth-order valence-electron chi connectivity index (χ4n) is 0.667. The molecule has 0 fully saturated rings. The number of hydrogen-bond donors (Lipinski definition) is 0. The van der Waals surface area contributed by atoms with Gasteiger partial charge in [-0.1, -0.05) is 27.7 Å². The SMILES string of the molecule is CC(C)C(F)(F)C(C)C. The molecular weight excluding hydrogens is 122 g/mol. The normalized spacial score (nSPS) is 13.3. The van der Waals surface area contributed by atoms with Crippen molar-refractivity contribution in [1.82, 2.24) is 0 Å². The minimum absolute atomic E-state index is 0.544. The van der Waals surface area contributed by atoms with Gasteiger partial charge in [0, 0.05) is 11.8 Å². The lowest BCUT2D eigenvalue weighted by atomic mass is 9.95. The van der Waals surface area contributed by atoms with Crippen LogP contribution < -0.4 is 0 Å². The van der Waals surface area contributed by atoms with E-state index in [1.165, 1.54) is 0 Å². The first kappa shape index (κ1) is 8.86. The zero-order valence-electron chi connectivity index (χ0n) is 6.41. The van der Waals surface area contributed by atoms with E-state index >= 15 is 0 Å². The number of rotatable bonds is 2. The van der Waals surface area contributed by atoms with Crippen LogP contribution in [-0.4, -0.2) is 5.92 Å². The van der Waals surface area contributed by atoms with Crippen molar-refractivity contribution in [1.29, 1.82) is 0 Å². The second kappa shape index (κ2) is 2.63. The van der Waals surface area contributed by atoms with E-state index < -0.39 is 17.8 Å². The van der Waals surface area contributed by atoms with Crippen LogP contribution in [-0.2, 0) is 0 Å². The summed E-state index contributed by atoms with van der Waals surface area (Å²) in [6.45, 7) is 6.17. The van der Waals surface area contributed by atoms with Crippen LogP contribution in [0.4, 0.5) is 8.78 Å². The lowest BCUT2D eigenvalue weighted by molar-refractivity contribution is -0.0857. The molecule has 0 spiro atoms. The first-order valence-electron chi connectivity index (χ1n) is 3.26. The minimum atomic E-state index is -2.50. The first-order chi connectivity index (χ1) is 3.89. The number of halogens is 2. The Morgan fingerprint density at radius 2 is 1.11 bits per heavy atom. The van der Waals surface area contributed by atoms with E-state index in [9.17, 15) is 8.78 Å². The Kier molecular flexibility index (Phi) is 2.59. The lowest BCUT2D eigenvalue weighted by Gasteiger charge is -2.23. The molecule has 0 saturated heterocycles. The molecule has 0 aromatic rings. The van der Waals surface area contributed by atoms with E-state index in [0.29, 0.717) is 0 Å². The average Bonchev–Trinajstić information content (AvgIpc) is 1.65. The highest BCUT2D eigenvalue weighted by Crippen LogP contribution is 2.31. The van der Waals surface area contributed by atoms with Gasteiger partial charge in [-0.25, -0.2) is 8.78 Å². The smallest absolute Gasteiger partial charge is 0.206 e. The van der Waals surface area contributed by atoms with Crippen molar-refractivity contribution in [3.63, 3.8) is 0 Å². The predicted molar refractivity (Wildman–Crippen MR) is 34.6 cm³/mol. The van der Waals surface area contributed by atoms with Gasteiger partial charge in [0.1, 0.15) is 0 Å². The summed E-state index contributed by atoms with van der Waals surface area (Å²) in [5.41, 5.74) is 0. The molecule has 0 atom stereocenters. The Morgan fingerprint density at radius 1 is 0.889 bits per heavy atom. The van der Waals surface area contributed by atoms with Crippen LogP contribution in [0.1, 0.15) is 27.7 Å². The van der Waals surface area contributed by atoms with Crippen molar-refractivity contribution in [2.45, 2.75) is 33.6 Å². The molecule has 0 aliphatic carbocycles. The van der Waals surface area contributed by atoms with Crippen molar-refractivity contribution < 1.29 is 8.78 Å². The molecule has 0 aliphatic rings. The van der Waals surface area contributed by atoms with Crippen molar-refractivity contribution in [2.24, 2.45) is 11.8 Å². The average molecular weight is 136 g/mol. The summed E-state index contributed by atoms with van der Waals surface area (Å²) in [6.07, 6.45) is 0. The molecule has 0 amide bonds. The van der Waals surface area contributed by atoms with Gasteiger partial charge in [-0.3, -0.25) is 0 Å². The highest BCUT2D eigenvalue weighted by Gasteiger charge is 2.36. The highest BCUT2D eigenvalue weighted by atomic mass is 19.3. The summed E-state index contributed by atoms with van der Waals surface area (Å²) in [5.74, 6) is -3.59. The maximum atomic E-state index is 12.7. The third-order valence-electron chi connectivity index (χ3n) is 1.54. The standard InChI is InChI=1S/C7H14F2/c1-5(2)7(8,9)6(3)4/h5-6H,1-4H3. The molecule has 9 heavy (non-hydrogen) atoms. The lowest BCUT2D eigenvalue weighted by Crippen LogP contribution is -2.29. The van der Waals surface area contributed by atoms with Gasteiger partial charge >= 0.3 is 0 Å². The maximum absolute atomic E-state index is 12.7. The van der Waals surface area contributed by atoms with Crippen molar-refractivity contribution in [3.05, 3.63) is 0 Å². The van der Waals surface area contributed by atoms with E-state index in [4.69, 9.17) is 0 Å². The molecule has 0 unspecified atom stereocenters. The molecule has 0 aromatic heterocycles. The molecule has 56 valence electrons. The second-order valence-corrected chi connectivity index (χ2v) is 2.98. The molecule has 0 nitrogen and oxygen atoms in total. The summed E-state index contributed by atoms with van der Waals surface area (Å²) in [6, 6.07) is 0. The van der Waals surface area contributed by atoms with Gasteiger partial charge in [0.25, 0.3) is 5.92 Å². The van der Waals surface area contributed by atoms with Crippen LogP contribution >= 0.6 is 0 Å². The summed E-state index contributed by atoms with van der Waals surface area (Å²) in [7, 11) is 0. The molecular formula is C7H14F2. The van der Waals surface area contributed by atoms with Crippen molar-refractivity contribution in [3.8, 4) is 0 Å². The van der Waals surface area contributed by atoms with Crippen molar-refractivity contribution in [2.75, 3.05) is 0 Å². The van der Waals surface area contributed by atoms with Gasteiger partial charge in [-0.05, 0) is 0 Å². The van der Waals surface area contributed by atoms with Crippen LogP contribution in [0.25, 0.3) is 0 Å². The topological polar surface area (TPSA) is 0 Å². The fourth-order valence-corrected chi connectivity index (χ4v) is 0.667. The molecule has 0 radical (unpaired) electrons. The van der Waals surface area contributed by atoms with Crippen molar-refractivity contribution >= 4 is 0 Å². The van der Waals surface area contributed by atoms with Crippen LogP contribution in [0.3, 0.4) is 0 Å². The number of hydrogen-bond acceptors (Lipinski definition) is 0. The molecule has 0 N–H and O–H groups in total. The Balaban J connectivity index is 4.01. The molecule has 0 heterocycles. The van der Waals surface area contributed by atoms with Gasteiger partial charge < -0.3 is 0 Å². The minimum Gasteiger partial charge on any atom is -0.206 e. The Labute approximate surface area is 55.3 Å². The Bertz CT molecular complexity index is 74.9. The van der Waals surface area contributed by atoms with Crippen LogP contribution in [0.2, 0.25) is 0 Å². The molecule has 0 rings (SSSR count). The van der Waals surface area contributed by atoms with Gasteiger partial charge in [0.05, 0.1) is 0 Å². The van der Waals surface area contributed by atoms with Gasteiger partial charge in [0.2, 0.25) is 0 Å². The van der Waals surface area contributed by atoms with E-state index in [-0.39, 0.29) is 0 Å². The van der Waals surface area contributed by atoms with Crippen LogP contribution in [0.15, 0.2) is 0 Å². The zero-order chi connectivity index (χ0) is 7.65. The molecule has 0 bridgehead atoms. The molecule has 0 saturated carbocycles. The van der Waals surface area contributed by atoms with E-state index in [1.54, 1.807) is 27.7 Å². The third-order valence-corrected chi connectivity index (χ3v) is 1.54. The summed E-state index contributed by atoms with van der Waals surface area (Å²) in [5, 5.41) is 0. The van der Waals surface area contributed by atoms with Crippen LogP contribution in [0.5, 0.6) is 0 Å². The quantitative estimate of drug-likeness (QED) is 0.547. The monoisotopic (exact) mass is 136 g/mol. The number of alkyl halides is 2. The molecule has 0 aromatic carbocycles. The van der Waals surface area contributed by atoms with Gasteiger partial charge in [-0.2, -0.15) is 0 Å². The summed E-state index contributed by atoms with van der Waals surface area (Å²) >= 11 is 0. The molecule has 2 heteroatoms. The third kappa shape index (κ3) is 1.92. The Hall–Kier alpha value is -0.140. The largest absolute Gasteiger partial charge is 0.252 e. The van der Waals surface area contributed by atoms with E-state index in [2.05, 4.69) is 0 Å². The molecule has 0 aliphatic heterocycles. The predicted octanol–water partition coefficient (Wildman–Crippen LogP) is 2.93. The fraction of sp³-hybridized carbons (Fsp3) is 1.00. The van der Waals surface area contributed by atoms with Gasteiger partial charge in [0.15, 0.2) is 0 Å². The van der Waals surface area contributed by atoms with E-state index in [0.717, 1.165) is 0 Å². The first-order valence-corrected chi connectivity index (χ1v) is 3.26. The second-order valence-electron chi connectivity index (χ2n) is 2.98. The summed E-state index contributed by atoms with van der Waals surface area (Å²) < 4.78 is 25.3. The highest BCUT2D eigenvalue weighted by molar-refractivity contribution is 4.73. The van der Waals surface area contributed by atoms with E-state index in [1.807, 2.05) is 0 Å². The Morgan fingerprint density at radius 3 is 1.11 bits per heavy atom. The summed E-state index contributed by atoms with van der Waals surface area (Å²) in [4.78, 5) is 0. The van der Waals surface area contributed by atoms with Gasteiger partial charge in [-0.15, -0.1) is 0 Å². The zero-order valence-corrected chi connectivity index (χ0v) is 6.41.